The molecule has 1 heterocycles. The summed E-state index contributed by atoms with van der Waals surface area (Å²) in [5.41, 5.74) is 4.79. The van der Waals surface area contributed by atoms with E-state index in [-0.39, 0.29) is 6.54 Å². The highest BCUT2D eigenvalue weighted by Gasteiger charge is 2.23. The molecule has 21 heavy (non-hydrogen) atoms. The minimum Gasteiger partial charge on any atom is -0.326 e. The molecule has 114 valence electrons. The maximum atomic E-state index is 14.0. The lowest BCUT2D eigenvalue weighted by molar-refractivity contribution is 0.525. The normalized spacial score (nSPS) is 11.8. The molecule has 0 unspecified atom stereocenters. The number of benzene rings is 1. The van der Waals surface area contributed by atoms with Gasteiger partial charge in [-0.05, 0) is 39.5 Å². The predicted molar refractivity (Wildman–Crippen MR) is 80.3 cm³/mol. The molecule has 0 atom stereocenters. The number of hydrogen-bond donors (Lipinski definition) is 2. The molecular weight excluding hydrogens is 386 g/mol. The monoisotopic (exact) mass is 396 g/mol. The summed E-state index contributed by atoms with van der Waals surface area (Å²) in [4.78, 5) is 0.136. The average Bonchev–Trinajstić information content (AvgIpc) is 2.82. The van der Waals surface area contributed by atoms with Crippen molar-refractivity contribution in [1.29, 1.82) is 0 Å². The van der Waals surface area contributed by atoms with Crippen LogP contribution in [0.3, 0.4) is 0 Å². The highest BCUT2D eigenvalue weighted by atomic mass is 79.9. The fraction of sp³-hybridized carbons (Fsp3) is 0.167. The molecule has 0 amide bonds. The lowest BCUT2D eigenvalue weighted by Gasteiger charge is -2.10. The SMILES string of the molecule is NCc1c(F)ccc(S(=O)(=O)NCc2sccc2Br)c1F. The Morgan fingerprint density at radius 2 is 2.00 bits per heavy atom. The van der Waals surface area contributed by atoms with E-state index in [1.54, 1.807) is 11.4 Å². The van der Waals surface area contributed by atoms with Gasteiger partial charge in [0.2, 0.25) is 10.0 Å². The van der Waals surface area contributed by atoms with E-state index in [9.17, 15) is 17.2 Å². The van der Waals surface area contributed by atoms with E-state index in [0.717, 1.165) is 21.5 Å². The van der Waals surface area contributed by atoms with Gasteiger partial charge >= 0.3 is 0 Å². The Balaban J connectivity index is 2.30. The van der Waals surface area contributed by atoms with Gasteiger partial charge < -0.3 is 5.73 Å². The number of nitrogens with one attached hydrogen (secondary N) is 1. The number of thiophene rings is 1. The zero-order chi connectivity index (χ0) is 15.6. The van der Waals surface area contributed by atoms with Crippen molar-refractivity contribution in [2.75, 3.05) is 0 Å². The number of hydrogen-bond acceptors (Lipinski definition) is 4. The fourth-order valence-corrected chi connectivity index (χ4v) is 4.28. The molecule has 0 saturated heterocycles. The Hall–Kier alpha value is -0.870. The molecule has 0 aliphatic rings. The van der Waals surface area contributed by atoms with Crippen LogP contribution in [0, 0.1) is 11.6 Å². The molecule has 0 saturated carbocycles. The van der Waals surface area contributed by atoms with Crippen LogP contribution in [0.2, 0.25) is 0 Å². The van der Waals surface area contributed by atoms with Crippen LogP contribution in [0.5, 0.6) is 0 Å². The largest absolute Gasteiger partial charge is 0.326 e. The van der Waals surface area contributed by atoms with Crippen LogP contribution in [-0.4, -0.2) is 8.42 Å². The van der Waals surface area contributed by atoms with Crippen molar-refractivity contribution in [2.24, 2.45) is 5.73 Å². The van der Waals surface area contributed by atoms with E-state index in [2.05, 4.69) is 20.7 Å². The van der Waals surface area contributed by atoms with Crippen molar-refractivity contribution in [3.05, 3.63) is 50.1 Å². The first-order chi connectivity index (χ1) is 9.86. The lowest BCUT2D eigenvalue weighted by Crippen LogP contribution is -2.24. The summed E-state index contributed by atoms with van der Waals surface area (Å²) < 4.78 is 54.6. The number of nitrogens with two attached hydrogens (primary N) is 1. The topological polar surface area (TPSA) is 72.2 Å². The Labute approximate surface area is 133 Å². The number of halogens is 3. The summed E-state index contributed by atoms with van der Waals surface area (Å²) >= 11 is 4.62. The summed E-state index contributed by atoms with van der Waals surface area (Å²) in [7, 11) is -4.09. The molecule has 0 bridgehead atoms. The summed E-state index contributed by atoms with van der Waals surface area (Å²) in [5.74, 6) is -2.02. The second kappa shape index (κ2) is 6.49. The average molecular weight is 397 g/mol. The summed E-state index contributed by atoms with van der Waals surface area (Å²) in [6.07, 6.45) is 0. The van der Waals surface area contributed by atoms with Crippen LogP contribution < -0.4 is 10.5 Å². The zero-order valence-corrected chi connectivity index (χ0v) is 13.8. The molecular formula is C12H11BrF2N2O2S2. The van der Waals surface area contributed by atoms with Gasteiger partial charge in [-0.15, -0.1) is 11.3 Å². The molecule has 0 aliphatic carbocycles. The minimum absolute atomic E-state index is 0.00928. The molecule has 0 fully saturated rings. The van der Waals surface area contributed by atoms with Crippen LogP contribution in [0.4, 0.5) is 8.78 Å². The second-order valence-electron chi connectivity index (χ2n) is 4.06. The van der Waals surface area contributed by atoms with Crippen molar-refractivity contribution in [3.63, 3.8) is 0 Å². The molecule has 1 aromatic carbocycles. The summed E-state index contributed by atoms with van der Waals surface area (Å²) in [6, 6.07) is 3.55. The van der Waals surface area contributed by atoms with Gasteiger partial charge in [-0.1, -0.05) is 0 Å². The van der Waals surface area contributed by atoms with Crippen LogP contribution >= 0.6 is 27.3 Å². The van der Waals surface area contributed by atoms with E-state index in [1.165, 1.54) is 11.3 Å². The van der Waals surface area contributed by atoms with Gasteiger partial charge in [0.05, 0.1) is 0 Å². The molecule has 2 aromatic rings. The second-order valence-corrected chi connectivity index (χ2v) is 7.65. The van der Waals surface area contributed by atoms with E-state index in [4.69, 9.17) is 5.73 Å². The molecule has 1 aromatic heterocycles. The minimum atomic E-state index is -4.09. The first-order valence-electron chi connectivity index (χ1n) is 5.75. The highest BCUT2D eigenvalue weighted by molar-refractivity contribution is 9.10. The van der Waals surface area contributed by atoms with E-state index < -0.39 is 38.7 Å². The van der Waals surface area contributed by atoms with Crippen LogP contribution in [0.15, 0.2) is 32.9 Å². The van der Waals surface area contributed by atoms with Crippen LogP contribution in [0.25, 0.3) is 0 Å². The first-order valence-corrected chi connectivity index (χ1v) is 8.91. The molecule has 0 aliphatic heterocycles. The molecule has 3 N–H and O–H groups in total. The van der Waals surface area contributed by atoms with Crippen molar-refractivity contribution >= 4 is 37.3 Å². The van der Waals surface area contributed by atoms with Gasteiger partial charge in [-0.2, -0.15) is 0 Å². The van der Waals surface area contributed by atoms with Crippen LogP contribution in [-0.2, 0) is 23.1 Å². The van der Waals surface area contributed by atoms with Gasteiger partial charge in [0, 0.05) is 28.0 Å². The Morgan fingerprint density at radius 3 is 2.57 bits per heavy atom. The molecule has 2 rings (SSSR count). The molecule has 0 radical (unpaired) electrons. The highest BCUT2D eigenvalue weighted by Crippen LogP contribution is 2.24. The quantitative estimate of drug-likeness (QED) is 0.815. The van der Waals surface area contributed by atoms with Crippen LogP contribution in [0.1, 0.15) is 10.4 Å². The van der Waals surface area contributed by atoms with Crippen molar-refractivity contribution in [2.45, 2.75) is 18.0 Å². The predicted octanol–water partition coefficient (Wildman–Crippen LogP) is 2.73. The van der Waals surface area contributed by atoms with E-state index >= 15 is 0 Å². The number of rotatable bonds is 5. The van der Waals surface area contributed by atoms with E-state index in [0.29, 0.717) is 0 Å². The Bertz CT molecular complexity index is 763. The van der Waals surface area contributed by atoms with Gasteiger partial charge in [0.1, 0.15) is 10.7 Å². The standard InChI is InChI=1S/C12H11BrF2N2O2S2/c13-8-3-4-20-10(8)6-17-21(18,19)11-2-1-9(14)7(5-16)12(11)15/h1-4,17H,5-6,16H2. The van der Waals surface area contributed by atoms with Gasteiger partial charge in [0.15, 0.2) is 5.82 Å². The third kappa shape index (κ3) is 3.49. The third-order valence-electron chi connectivity index (χ3n) is 2.76. The maximum Gasteiger partial charge on any atom is 0.243 e. The lowest BCUT2D eigenvalue weighted by atomic mass is 10.2. The Kier molecular flexibility index (Phi) is 5.10. The Morgan fingerprint density at radius 1 is 1.29 bits per heavy atom. The summed E-state index contributed by atoms with van der Waals surface area (Å²) in [5, 5.41) is 1.79. The molecule has 0 spiro atoms. The van der Waals surface area contributed by atoms with Crippen molar-refractivity contribution < 1.29 is 17.2 Å². The maximum absolute atomic E-state index is 14.0. The van der Waals surface area contributed by atoms with Gasteiger partial charge in [0.25, 0.3) is 0 Å². The van der Waals surface area contributed by atoms with Crippen molar-refractivity contribution in [3.8, 4) is 0 Å². The fourth-order valence-electron chi connectivity index (χ4n) is 1.66. The van der Waals surface area contributed by atoms with E-state index in [1.807, 2.05) is 0 Å². The van der Waals surface area contributed by atoms with Crippen molar-refractivity contribution in [1.82, 2.24) is 4.72 Å². The zero-order valence-electron chi connectivity index (χ0n) is 10.6. The molecule has 9 heteroatoms. The smallest absolute Gasteiger partial charge is 0.243 e. The van der Waals surface area contributed by atoms with Gasteiger partial charge in [-0.25, -0.2) is 21.9 Å². The number of sulfonamides is 1. The molecule has 4 nitrogen and oxygen atoms in total. The third-order valence-corrected chi connectivity index (χ3v) is 6.10. The first kappa shape index (κ1) is 16.5. The summed E-state index contributed by atoms with van der Waals surface area (Å²) in [6.45, 7) is -0.410. The van der Waals surface area contributed by atoms with Gasteiger partial charge in [-0.3, -0.25) is 0 Å².